The Hall–Kier alpha value is -1.49. The van der Waals surface area contributed by atoms with Crippen molar-refractivity contribution < 1.29 is 0 Å². The van der Waals surface area contributed by atoms with Gasteiger partial charge in [-0.1, -0.05) is 0 Å². The SMILES string of the molecule is c1cn2cc3cnnc-3nc2s1. The van der Waals surface area contributed by atoms with Crippen molar-refractivity contribution in [1.82, 2.24) is 19.6 Å². The molecule has 0 aromatic carbocycles. The molecule has 4 nitrogen and oxygen atoms in total. The van der Waals surface area contributed by atoms with E-state index in [1.165, 1.54) is 0 Å². The van der Waals surface area contributed by atoms with Gasteiger partial charge in [-0.15, -0.1) is 16.4 Å². The topological polar surface area (TPSA) is 43.1 Å². The van der Waals surface area contributed by atoms with Crippen LogP contribution >= 0.6 is 11.3 Å². The highest BCUT2D eigenvalue weighted by Gasteiger charge is 2.07. The maximum atomic E-state index is 4.31. The van der Waals surface area contributed by atoms with Crippen LogP contribution in [-0.4, -0.2) is 19.6 Å². The molecule has 0 N–H and O–H groups in total. The molecule has 0 amide bonds. The molecule has 58 valence electrons. The summed E-state index contributed by atoms with van der Waals surface area (Å²) in [6.07, 6.45) is 5.67. The molecule has 0 fully saturated rings. The molecule has 0 saturated heterocycles. The average Bonchev–Trinajstić information content (AvgIpc) is 2.64. The van der Waals surface area contributed by atoms with Crippen LogP contribution in [0.1, 0.15) is 0 Å². The zero-order valence-electron chi connectivity index (χ0n) is 6.01. The number of hydrogen-bond donors (Lipinski definition) is 0. The minimum Gasteiger partial charge on any atom is -0.298 e. The number of rotatable bonds is 0. The summed E-state index contributed by atoms with van der Waals surface area (Å²) in [5.41, 5.74) is 0.978. The predicted octanol–water partition coefficient (Wildman–Crippen LogP) is 1.29. The molecule has 0 spiro atoms. The van der Waals surface area contributed by atoms with Gasteiger partial charge in [-0.05, 0) is 0 Å². The molecule has 0 radical (unpaired) electrons. The molecule has 3 heterocycles. The maximum Gasteiger partial charge on any atom is 0.195 e. The first-order chi connectivity index (χ1) is 5.93. The van der Waals surface area contributed by atoms with Crippen molar-refractivity contribution in [3.05, 3.63) is 24.0 Å². The highest BCUT2D eigenvalue weighted by Crippen LogP contribution is 2.18. The maximum absolute atomic E-state index is 4.31. The van der Waals surface area contributed by atoms with E-state index < -0.39 is 0 Å². The summed E-state index contributed by atoms with van der Waals surface area (Å²) in [7, 11) is 0. The van der Waals surface area contributed by atoms with Crippen molar-refractivity contribution in [2.24, 2.45) is 0 Å². The van der Waals surface area contributed by atoms with E-state index in [-0.39, 0.29) is 0 Å². The standard InChI is InChI=1S/C7H4N4S/c1-2-12-7-9-6-5(3-8-10-6)4-11(1)7/h1-4H. The van der Waals surface area contributed by atoms with Crippen LogP contribution in [0.3, 0.4) is 0 Å². The van der Waals surface area contributed by atoms with E-state index in [1.54, 1.807) is 17.5 Å². The molecule has 0 atom stereocenters. The molecule has 3 rings (SSSR count). The number of aromatic nitrogens is 4. The summed E-state index contributed by atoms with van der Waals surface area (Å²) in [4.78, 5) is 5.25. The van der Waals surface area contributed by atoms with Gasteiger partial charge in [0, 0.05) is 17.8 Å². The van der Waals surface area contributed by atoms with Crippen LogP contribution < -0.4 is 0 Å². The van der Waals surface area contributed by atoms with E-state index in [2.05, 4.69) is 15.2 Å². The Balaban J connectivity index is 2.56. The largest absolute Gasteiger partial charge is 0.298 e. The van der Waals surface area contributed by atoms with Crippen LogP contribution in [0.4, 0.5) is 0 Å². The lowest BCUT2D eigenvalue weighted by molar-refractivity contribution is 1.06. The summed E-state index contributed by atoms with van der Waals surface area (Å²) < 4.78 is 1.97. The van der Waals surface area contributed by atoms with Crippen LogP contribution in [0.5, 0.6) is 0 Å². The van der Waals surface area contributed by atoms with Crippen molar-refractivity contribution in [3.8, 4) is 11.4 Å². The second-order valence-corrected chi connectivity index (χ2v) is 3.33. The Morgan fingerprint density at radius 2 is 2.42 bits per heavy atom. The molecule has 12 heavy (non-hydrogen) atoms. The Labute approximate surface area is 71.9 Å². The Morgan fingerprint density at radius 1 is 1.42 bits per heavy atom. The smallest absolute Gasteiger partial charge is 0.195 e. The van der Waals surface area contributed by atoms with Crippen molar-refractivity contribution in [1.29, 1.82) is 0 Å². The average molecular weight is 176 g/mol. The number of nitrogens with zero attached hydrogens (tertiary/aromatic N) is 4. The zero-order valence-corrected chi connectivity index (χ0v) is 6.82. The first-order valence-electron chi connectivity index (χ1n) is 3.47. The minimum absolute atomic E-state index is 0.720. The summed E-state index contributed by atoms with van der Waals surface area (Å²) in [6.45, 7) is 0. The van der Waals surface area contributed by atoms with Crippen molar-refractivity contribution in [2.75, 3.05) is 0 Å². The monoisotopic (exact) mass is 176 g/mol. The highest BCUT2D eigenvalue weighted by atomic mass is 32.1. The van der Waals surface area contributed by atoms with E-state index in [1.807, 2.05) is 22.2 Å². The van der Waals surface area contributed by atoms with Gasteiger partial charge in [0.15, 0.2) is 10.8 Å². The molecule has 1 aromatic heterocycles. The Bertz CT molecular complexity index is 455. The van der Waals surface area contributed by atoms with E-state index in [4.69, 9.17) is 0 Å². The number of hydrogen-bond acceptors (Lipinski definition) is 4. The van der Waals surface area contributed by atoms with Gasteiger partial charge in [-0.3, -0.25) is 4.40 Å². The molecule has 0 aliphatic carbocycles. The van der Waals surface area contributed by atoms with E-state index in [0.717, 1.165) is 16.3 Å². The number of thiazole rings is 1. The van der Waals surface area contributed by atoms with Gasteiger partial charge in [-0.2, -0.15) is 10.1 Å². The van der Waals surface area contributed by atoms with Crippen LogP contribution in [0.25, 0.3) is 16.3 Å². The lowest BCUT2D eigenvalue weighted by atomic mass is 10.3. The van der Waals surface area contributed by atoms with Crippen LogP contribution in [0.15, 0.2) is 24.0 Å². The third kappa shape index (κ3) is 0.683. The third-order valence-corrected chi connectivity index (χ3v) is 2.47. The molecule has 0 bridgehead atoms. The summed E-state index contributed by atoms with van der Waals surface area (Å²) in [5, 5.41) is 9.66. The van der Waals surface area contributed by atoms with Gasteiger partial charge in [0.1, 0.15) is 0 Å². The van der Waals surface area contributed by atoms with Crippen LogP contribution in [0.2, 0.25) is 0 Å². The molecule has 0 unspecified atom stereocenters. The molecule has 5 heteroatoms. The molecule has 2 aliphatic heterocycles. The third-order valence-electron chi connectivity index (χ3n) is 1.70. The molecular weight excluding hydrogens is 172 g/mol. The van der Waals surface area contributed by atoms with Gasteiger partial charge >= 0.3 is 0 Å². The van der Waals surface area contributed by atoms with E-state index >= 15 is 0 Å². The second-order valence-electron chi connectivity index (χ2n) is 2.46. The molecule has 2 aliphatic rings. The molecule has 1 aromatic rings. The fourth-order valence-electron chi connectivity index (χ4n) is 1.14. The second kappa shape index (κ2) is 2.01. The van der Waals surface area contributed by atoms with E-state index in [0.29, 0.717) is 0 Å². The van der Waals surface area contributed by atoms with Gasteiger partial charge < -0.3 is 0 Å². The van der Waals surface area contributed by atoms with Crippen molar-refractivity contribution in [3.63, 3.8) is 0 Å². The van der Waals surface area contributed by atoms with Gasteiger partial charge in [0.05, 0.1) is 11.8 Å². The van der Waals surface area contributed by atoms with Crippen LogP contribution in [0, 0.1) is 0 Å². The normalized spacial score (nSPS) is 11.3. The quantitative estimate of drug-likeness (QED) is 0.518. The summed E-state index contributed by atoms with van der Waals surface area (Å²) in [6, 6.07) is 0. The Kier molecular flexibility index (Phi) is 1.02. The first kappa shape index (κ1) is 6.07. The predicted molar refractivity (Wildman–Crippen MR) is 45.3 cm³/mol. The van der Waals surface area contributed by atoms with Gasteiger partial charge in [0.25, 0.3) is 0 Å². The number of fused-ring (bicyclic) bond motifs is 2. The summed E-state index contributed by atoms with van der Waals surface area (Å²) in [5.74, 6) is 0.720. The minimum atomic E-state index is 0.720. The first-order valence-corrected chi connectivity index (χ1v) is 4.35. The van der Waals surface area contributed by atoms with Gasteiger partial charge in [0.2, 0.25) is 0 Å². The van der Waals surface area contributed by atoms with Crippen molar-refractivity contribution >= 4 is 16.3 Å². The zero-order chi connectivity index (χ0) is 7.97. The molecular formula is C7H4N4S. The lowest BCUT2D eigenvalue weighted by Gasteiger charge is -1.95. The summed E-state index contributed by atoms with van der Waals surface area (Å²) >= 11 is 1.59. The van der Waals surface area contributed by atoms with E-state index in [9.17, 15) is 0 Å². The Morgan fingerprint density at radius 3 is 3.42 bits per heavy atom. The van der Waals surface area contributed by atoms with Crippen molar-refractivity contribution in [2.45, 2.75) is 0 Å². The fraction of sp³-hybridized carbons (Fsp3) is 0. The van der Waals surface area contributed by atoms with Gasteiger partial charge in [-0.25, -0.2) is 0 Å². The highest BCUT2D eigenvalue weighted by molar-refractivity contribution is 7.15. The lowest BCUT2D eigenvalue weighted by Crippen LogP contribution is -1.89. The van der Waals surface area contributed by atoms with Crippen LogP contribution in [-0.2, 0) is 0 Å². The fourth-order valence-corrected chi connectivity index (χ4v) is 1.83. The molecule has 0 saturated carbocycles.